The van der Waals surface area contributed by atoms with Gasteiger partial charge in [0.25, 0.3) is 0 Å². The smallest absolute Gasteiger partial charge is 0.385 e. The molecule has 102 valence electrons. The number of alkyl halides is 3. The Morgan fingerprint density at radius 3 is 2.61 bits per heavy atom. The standard InChI is InChI=1S/C12H15BrF3NS/c1-18-7-3-2-6-17-11-8-9(13)4-5-10(11)12(14,15)16/h4-5,8,17H,2-3,6-7H2,1H3. The Kier molecular flexibility index (Phi) is 6.35. The second-order valence-corrected chi connectivity index (χ2v) is 5.72. The normalized spacial score (nSPS) is 11.6. The summed E-state index contributed by atoms with van der Waals surface area (Å²) >= 11 is 4.93. The summed E-state index contributed by atoms with van der Waals surface area (Å²) in [6.45, 7) is 0.556. The number of halogens is 4. The predicted octanol–water partition coefficient (Wildman–Crippen LogP) is 5.02. The number of thioether (sulfide) groups is 1. The average Bonchev–Trinajstić information content (AvgIpc) is 2.27. The van der Waals surface area contributed by atoms with Gasteiger partial charge in [0, 0.05) is 16.7 Å². The van der Waals surface area contributed by atoms with Crippen LogP contribution in [0.2, 0.25) is 0 Å². The molecule has 0 fully saturated rings. The van der Waals surface area contributed by atoms with Gasteiger partial charge in [-0.2, -0.15) is 24.9 Å². The molecule has 0 aromatic heterocycles. The molecule has 0 heterocycles. The van der Waals surface area contributed by atoms with Gasteiger partial charge in [0.05, 0.1) is 5.56 Å². The maximum Gasteiger partial charge on any atom is 0.418 e. The average molecular weight is 342 g/mol. The van der Waals surface area contributed by atoms with Crippen molar-refractivity contribution in [2.24, 2.45) is 0 Å². The summed E-state index contributed by atoms with van der Waals surface area (Å²) < 4.78 is 38.9. The molecule has 1 aromatic rings. The summed E-state index contributed by atoms with van der Waals surface area (Å²) in [7, 11) is 0. The maximum absolute atomic E-state index is 12.8. The minimum absolute atomic E-state index is 0.140. The maximum atomic E-state index is 12.8. The van der Waals surface area contributed by atoms with Crippen LogP contribution in [0.4, 0.5) is 18.9 Å². The van der Waals surface area contributed by atoms with Crippen LogP contribution in [-0.4, -0.2) is 18.6 Å². The van der Waals surface area contributed by atoms with Crippen LogP contribution in [0.5, 0.6) is 0 Å². The second kappa shape index (κ2) is 7.28. The predicted molar refractivity (Wildman–Crippen MR) is 75.2 cm³/mol. The number of nitrogens with one attached hydrogen (secondary N) is 1. The quantitative estimate of drug-likeness (QED) is 0.729. The van der Waals surface area contributed by atoms with Crippen LogP contribution >= 0.6 is 27.7 Å². The fraction of sp³-hybridized carbons (Fsp3) is 0.500. The Labute approximate surface area is 118 Å². The fourth-order valence-electron chi connectivity index (χ4n) is 1.50. The van der Waals surface area contributed by atoms with Crippen molar-refractivity contribution in [3.8, 4) is 0 Å². The van der Waals surface area contributed by atoms with E-state index in [4.69, 9.17) is 0 Å². The van der Waals surface area contributed by atoms with E-state index in [1.165, 1.54) is 12.1 Å². The third-order valence-electron chi connectivity index (χ3n) is 2.38. The van der Waals surface area contributed by atoms with Crippen molar-refractivity contribution >= 4 is 33.4 Å². The van der Waals surface area contributed by atoms with E-state index in [2.05, 4.69) is 21.2 Å². The molecule has 6 heteroatoms. The van der Waals surface area contributed by atoms with Gasteiger partial charge in [-0.3, -0.25) is 0 Å². The molecule has 1 aromatic carbocycles. The van der Waals surface area contributed by atoms with E-state index in [-0.39, 0.29) is 5.69 Å². The van der Waals surface area contributed by atoms with Gasteiger partial charge < -0.3 is 5.32 Å². The molecule has 0 radical (unpaired) electrons. The first-order chi connectivity index (χ1) is 8.45. The highest BCUT2D eigenvalue weighted by Crippen LogP contribution is 2.36. The first-order valence-electron chi connectivity index (χ1n) is 5.54. The number of hydrogen-bond acceptors (Lipinski definition) is 2. The lowest BCUT2D eigenvalue weighted by atomic mass is 10.1. The van der Waals surface area contributed by atoms with Crippen molar-refractivity contribution in [1.29, 1.82) is 0 Å². The Hall–Kier alpha value is -0.360. The van der Waals surface area contributed by atoms with Crippen molar-refractivity contribution < 1.29 is 13.2 Å². The number of hydrogen-bond donors (Lipinski definition) is 1. The van der Waals surface area contributed by atoms with Crippen LogP contribution in [0, 0.1) is 0 Å². The zero-order valence-corrected chi connectivity index (χ0v) is 12.4. The first kappa shape index (κ1) is 15.7. The van der Waals surface area contributed by atoms with Crippen LogP contribution < -0.4 is 5.32 Å². The molecule has 0 saturated heterocycles. The molecule has 0 aliphatic heterocycles. The molecule has 0 spiro atoms. The van der Waals surface area contributed by atoms with E-state index in [1.54, 1.807) is 11.8 Å². The van der Waals surface area contributed by atoms with E-state index in [0.717, 1.165) is 24.7 Å². The van der Waals surface area contributed by atoms with Crippen LogP contribution in [0.25, 0.3) is 0 Å². The van der Waals surface area contributed by atoms with Crippen LogP contribution in [0.15, 0.2) is 22.7 Å². The van der Waals surface area contributed by atoms with E-state index in [0.29, 0.717) is 11.0 Å². The van der Waals surface area contributed by atoms with Crippen molar-refractivity contribution in [1.82, 2.24) is 0 Å². The molecule has 1 rings (SSSR count). The lowest BCUT2D eigenvalue weighted by Gasteiger charge is -2.14. The molecule has 0 amide bonds. The van der Waals surface area contributed by atoms with Gasteiger partial charge in [0.2, 0.25) is 0 Å². The third-order valence-corrected chi connectivity index (χ3v) is 3.57. The van der Waals surface area contributed by atoms with Crippen LogP contribution in [0.3, 0.4) is 0 Å². The first-order valence-corrected chi connectivity index (χ1v) is 7.73. The van der Waals surface area contributed by atoms with Crippen LogP contribution in [-0.2, 0) is 6.18 Å². The van der Waals surface area contributed by atoms with Crippen molar-refractivity contribution in [3.05, 3.63) is 28.2 Å². The topological polar surface area (TPSA) is 12.0 Å². The van der Waals surface area contributed by atoms with Gasteiger partial charge in [-0.05, 0) is 43.0 Å². The van der Waals surface area contributed by atoms with Gasteiger partial charge >= 0.3 is 6.18 Å². The van der Waals surface area contributed by atoms with Crippen LogP contribution in [0.1, 0.15) is 18.4 Å². The largest absolute Gasteiger partial charge is 0.418 e. The number of benzene rings is 1. The van der Waals surface area contributed by atoms with E-state index >= 15 is 0 Å². The molecule has 0 aliphatic carbocycles. The van der Waals surface area contributed by atoms with Crippen molar-refractivity contribution in [2.45, 2.75) is 19.0 Å². The molecule has 0 atom stereocenters. The fourth-order valence-corrected chi connectivity index (χ4v) is 2.36. The SMILES string of the molecule is CSCCCCNc1cc(Br)ccc1C(F)(F)F. The number of unbranched alkanes of at least 4 members (excludes halogenated alkanes) is 1. The second-order valence-electron chi connectivity index (χ2n) is 3.81. The summed E-state index contributed by atoms with van der Waals surface area (Å²) in [5.74, 6) is 1.03. The summed E-state index contributed by atoms with van der Waals surface area (Å²) in [5, 5.41) is 2.86. The highest BCUT2D eigenvalue weighted by atomic mass is 79.9. The minimum Gasteiger partial charge on any atom is -0.385 e. The summed E-state index contributed by atoms with van der Waals surface area (Å²) in [6.07, 6.45) is -0.431. The van der Waals surface area contributed by atoms with E-state index in [9.17, 15) is 13.2 Å². The third kappa shape index (κ3) is 5.10. The molecular formula is C12H15BrF3NS. The molecular weight excluding hydrogens is 327 g/mol. The van der Waals surface area contributed by atoms with Crippen molar-refractivity contribution in [3.63, 3.8) is 0 Å². The molecule has 18 heavy (non-hydrogen) atoms. The lowest BCUT2D eigenvalue weighted by molar-refractivity contribution is -0.136. The summed E-state index contributed by atoms with van der Waals surface area (Å²) in [4.78, 5) is 0. The van der Waals surface area contributed by atoms with E-state index in [1.807, 2.05) is 6.26 Å². The molecule has 0 saturated carbocycles. The molecule has 0 aliphatic rings. The Balaban J connectivity index is 2.65. The monoisotopic (exact) mass is 341 g/mol. The van der Waals surface area contributed by atoms with E-state index < -0.39 is 11.7 Å². The zero-order chi connectivity index (χ0) is 13.6. The molecule has 1 N–H and O–H groups in total. The van der Waals surface area contributed by atoms with Gasteiger partial charge in [-0.15, -0.1) is 0 Å². The van der Waals surface area contributed by atoms with Gasteiger partial charge in [-0.1, -0.05) is 15.9 Å². The molecule has 0 unspecified atom stereocenters. The highest BCUT2D eigenvalue weighted by molar-refractivity contribution is 9.10. The Morgan fingerprint density at radius 2 is 2.00 bits per heavy atom. The molecule has 1 nitrogen and oxygen atoms in total. The Morgan fingerprint density at radius 1 is 1.28 bits per heavy atom. The molecule has 0 bridgehead atoms. The van der Waals surface area contributed by atoms with Gasteiger partial charge in [0.1, 0.15) is 0 Å². The number of rotatable bonds is 6. The highest BCUT2D eigenvalue weighted by Gasteiger charge is 2.33. The van der Waals surface area contributed by atoms with Crippen molar-refractivity contribution in [2.75, 3.05) is 23.9 Å². The summed E-state index contributed by atoms with van der Waals surface area (Å²) in [6, 6.07) is 3.97. The van der Waals surface area contributed by atoms with Gasteiger partial charge in [0.15, 0.2) is 0 Å². The lowest BCUT2D eigenvalue weighted by Crippen LogP contribution is -2.11. The minimum atomic E-state index is -4.32. The Bertz CT molecular complexity index is 382. The number of anilines is 1. The summed E-state index contributed by atoms with van der Waals surface area (Å²) in [5.41, 5.74) is -0.475. The van der Waals surface area contributed by atoms with Gasteiger partial charge in [-0.25, -0.2) is 0 Å². The zero-order valence-electron chi connectivity index (χ0n) is 9.98.